The second kappa shape index (κ2) is 4.42. The quantitative estimate of drug-likeness (QED) is 0.706. The van der Waals surface area contributed by atoms with Gasteiger partial charge in [0.1, 0.15) is 5.60 Å². The summed E-state index contributed by atoms with van der Waals surface area (Å²) >= 11 is 0. The molecule has 2 aliphatic heterocycles. The minimum absolute atomic E-state index is 0.160. The molecular weight excluding hydrogens is 244 g/mol. The Morgan fingerprint density at radius 2 is 1.68 bits per heavy atom. The minimum Gasteiger partial charge on any atom is -0.384 e. The summed E-state index contributed by atoms with van der Waals surface area (Å²) in [5.41, 5.74) is -0.935. The zero-order valence-electron chi connectivity index (χ0n) is 12.1. The van der Waals surface area contributed by atoms with Crippen molar-refractivity contribution >= 4 is 0 Å². The maximum atomic E-state index is 11.4. The van der Waals surface area contributed by atoms with Crippen LogP contribution >= 0.6 is 0 Å². The summed E-state index contributed by atoms with van der Waals surface area (Å²) in [4.78, 5) is 0. The molecule has 6 unspecified atom stereocenters. The van der Waals surface area contributed by atoms with Crippen LogP contribution in [0, 0.1) is 23.7 Å². The van der Waals surface area contributed by atoms with E-state index < -0.39 is 17.7 Å². The van der Waals surface area contributed by atoms with E-state index in [1.807, 2.05) is 0 Å². The van der Waals surface area contributed by atoms with Gasteiger partial charge >= 0.3 is 0 Å². The van der Waals surface area contributed by atoms with E-state index in [0.717, 1.165) is 19.3 Å². The second-order valence-corrected chi connectivity index (χ2v) is 7.13. The number of aliphatic hydroxyl groups is 2. The fourth-order valence-corrected chi connectivity index (χ4v) is 4.54. The second-order valence-electron chi connectivity index (χ2n) is 7.13. The Morgan fingerprint density at radius 1 is 1.00 bits per heavy atom. The largest absolute Gasteiger partial charge is 0.384 e. The summed E-state index contributed by atoms with van der Waals surface area (Å²) in [6, 6.07) is 0. The Hall–Kier alpha value is -0.160. The average molecular weight is 270 g/mol. The first-order chi connectivity index (χ1) is 8.84. The van der Waals surface area contributed by atoms with Gasteiger partial charge in [-0.3, -0.25) is 0 Å². The van der Waals surface area contributed by atoms with E-state index in [2.05, 4.69) is 13.8 Å². The van der Waals surface area contributed by atoms with Gasteiger partial charge in [0.25, 0.3) is 0 Å². The molecule has 3 rings (SSSR count). The van der Waals surface area contributed by atoms with Crippen LogP contribution in [0.1, 0.15) is 46.5 Å². The third-order valence-electron chi connectivity index (χ3n) is 5.66. The zero-order chi connectivity index (χ0) is 13.8. The molecule has 0 spiro atoms. The number of rotatable bonds is 0. The van der Waals surface area contributed by atoms with Crippen LogP contribution in [0.25, 0.3) is 0 Å². The lowest BCUT2D eigenvalue weighted by Gasteiger charge is -2.55. The maximum absolute atomic E-state index is 11.4. The summed E-state index contributed by atoms with van der Waals surface area (Å²) in [7, 11) is 0. The predicted molar refractivity (Wildman–Crippen MR) is 70.2 cm³/mol. The number of hydrogen-bond acceptors (Lipinski definition) is 4. The molecule has 4 heteroatoms. The SMILES string of the molecule is CC1CCC2[C@@H](C)COC3OC(C)(O)CCC1C32O. The van der Waals surface area contributed by atoms with Gasteiger partial charge in [0.15, 0.2) is 12.1 Å². The summed E-state index contributed by atoms with van der Waals surface area (Å²) < 4.78 is 11.5. The van der Waals surface area contributed by atoms with Crippen LogP contribution in [0.5, 0.6) is 0 Å². The van der Waals surface area contributed by atoms with Crippen molar-refractivity contribution in [2.24, 2.45) is 23.7 Å². The van der Waals surface area contributed by atoms with Crippen molar-refractivity contribution in [2.75, 3.05) is 6.61 Å². The van der Waals surface area contributed by atoms with Crippen LogP contribution in [0.2, 0.25) is 0 Å². The van der Waals surface area contributed by atoms with Gasteiger partial charge < -0.3 is 19.7 Å². The van der Waals surface area contributed by atoms with Gasteiger partial charge in [-0.05, 0) is 49.9 Å². The van der Waals surface area contributed by atoms with Crippen molar-refractivity contribution in [3.05, 3.63) is 0 Å². The highest BCUT2D eigenvalue weighted by Crippen LogP contribution is 2.54. The normalized spacial score (nSPS) is 58.3. The Labute approximate surface area is 115 Å². The number of ether oxygens (including phenoxy) is 2. The molecule has 19 heavy (non-hydrogen) atoms. The molecule has 3 aliphatic rings. The third kappa shape index (κ3) is 2.04. The lowest BCUT2D eigenvalue weighted by molar-refractivity contribution is -0.363. The molecule has 0 amide bonds. The molecule has 3 fully saturated rings. The van der Waals surface area contributed by atoms with Crippen molar-refractivity contribution in [3.63, 3.8) is 0 Å². The lowest BCUT2D eigenvalue weighted by atomic mass is 9.58. The molecule has 2 N–H and O–H groups in total. The molecule has 4 nitrogen and oxygen atoms in total. The summed E-state index contributed by atoms with van der Waals surface area (Å²) in [5.74, 6) is -0.00450. The average Bonchev–Trinajstić information content (AvgIpc) is 2.42. The lowest BCUT2D eigenvalue weighted by Crippen LogP contribution is -2.64. The molecule has 2 heterocycles. The Kier molecular flexibility index (Phi) is 3.21. The smallest absolute Gasteiger partial charge is 0.190 e. The highest BCUT2D eigenvalue weighted by molar-refractivity contribution is 5.06. The van der Waals surface area contributed by atoms with Gasteiger partial charge in [-0.25, -0.2) is 0 Å². The summed E-state index contributed by atoms with van der Waals surface area (Å²) in [6.45, 7) is 6.63. The Bertz CT molecular complexity index is 356. The van der Waals surface area contributed by atoms with E-state index in [1.165, 1.54) is 0 Å². The van der Waals surface area contributed by atoms with Gasteiger partial charge in [-0.2, -0.15) is 0 Å². The van der Waals surface area contributed by atoms with Crippen LogP contribution in [-0.2, 0) is 9.47 Å². The van der Waals surface area contributed by atoms with E-state index in [-0.39, 0.29) is 11.8 Å². The first-order valence-corrected chi connectivity index (χ1v) is 7.59. The standard InChI is InChI=1S/C15H26O4/c1-9-4-5-11-10(2)8-18-13-15(11,17)12(9)6-7-14(3,16)19-13/h9-13,16-17H,4-8H2,1-3H3/t9?,10-,11?,12?,13?,14?,15?/m0/s1. The van der Waals surface area contributed by atoms with Crippen LogP contribution in [-0.4, -0.2) is 34.5 Å². The molecule has 2 saturated heterocycles. The fourth-order valence-electron chi connectivity index (χ4n) is 4.54. The number of hydrogen-bond donors (Lipinski definition) is 2. The van der Waals surface area contributed by atoms with Gasteiger partial charge in [-0.15, -0.1) is 0 Å². The molecule has 0 bridgehead atoms. The Balaban J connectivity index is 2.00. The minimum atomic E-state index is -1.19. The maximum Gasteiger partial charge on any atom is 0.190 e. The molecule has 110 valence electrons. The van der Waals surface area contributed by atoms with Gasteiger partial charge in [0, 0.05) is 6.42 Å². The molecule has 7 atom stereocenters. The van der Waals surface area contributed by atoms with Crippen LogP contribution < -0.4 is 0 Å². The van der Waals surface area contributed by atoms with Crippen LogP contribution in [0.4, 0.5) is 0 Å². The van der Waals surface area contributed by atoms with Crippen LogP contribution in [0.3, 0.4) is 0 Å². The van der Waals surface area contributed by atoms with Crippen molar-refractivity contribution < 1.29 is 19.7 Å². The molecule has 1 saturated carbocycles. The van der Waals surface area contributed by atoms with Crippen molar-refractivity contribution in [2.45, 2.75) is 64.1 Å². The molecular formula is C15H26O4. The van der Waals surface area contributed by atoms with E-state index in [0.29, 0.717) is 24.9 Å². The fraction of sp³-hybridized carbons (Fsp3) is 1.00. The van der Waals surface area contributed by atoms with Crippen molar-refractivity contribution in [1.82, 2.24) is 0 Å². The van der Waals surface area contributed by atoms with E-state index in [4.69, 9.17) is 9.47 Å². The molecule has 0 aromatic carbocycles. The first kappa shape index (κ1) is 13.8. The topological polar surface area (TPSA) is 58.9 Å². The van der Waals surface area contributed by atoms with Crippen molar-refractivity contribution in [1.29, 1.82) is 0 Å². The predicted octanol–water partition coefficient (Wildman–Crippen LogP) is 1.89. The van der Waals surface area contributed by atoms with Gasteiger partial charge in [0.2, 0.25) is 0 Å². The van der Waals surface area contributed by atoms with E-state index in [9.17, 15) is 10.2 Å². The molecule has 1 aliphatic carbocycles. The van der Waals surface area contributed by atoms with Gasteiger partial charge in [-0.1, -0.05) is 13.8 Å². The Morgan fingerprint density at radius 3 is 2.42 bits per heavy atom. The zero-order valence-corrected chi connectivity index (χ0v) is 12.1. The van der Waals surface area contributed by atoms with Crippen LogP contribution in [0.15, 0.2) is 0 Å². The third-order valence-corrected chi connectivity index (χ3v) is 5.66. The highest BCUT2D eigenvalue weighted by atomic mass is 16.7. The monoisotopic (exact) mass is 270 g/mol. The summed E-state index contributed by atoms with van der Waals surface area (Å²) in [6.07, 6.45) is 2.86. The molecule has 0 aromatic rings. The van der Waals surface area contributed by atoms with E-state index in [1.54, 1.807) is 6.92 Å². The molecule has 0 radical (unpaired) electrons. The van der Waals surface area contributed by atoms with Gasteiger partial charge in [0.05, 0.1) is 6.61 Å². The summed E-state index contributed by atoms with van der Waals surface area (Å²) in [5, 5.41) is 21.6. The van der Waals surface area contributed by atoms with Crippen molar-refractivity contribution in [3.8, 4) is 0 Å². The highest BCUT2D eigenvalue weighted by Gasteiger charge is 2.61. The first-order valence-electron chi connectivity index (χ1n) is 7.59. The van der Waals surface area contributed by atoms with E-state index >= 15 is 0 Å². The molecule has 0 aromatic heterocycles.